The summed E-state index contributed by atoms with van der Waals surface area (Å²) in [4.78, 5) is 11.4. The normalized spacial score (nSPS) is 10.6. The Morgan fingerprint density at radius 3 is 2.19 bits per heavy atom. The number of hydroxylamine groups is 1. The lowest BCUT2D eigenvalue weighted by atomic mass is 10.1. The topological polar surface area (TPSA) is 49.8 Å². The molecule has 0 aromatic heterocycles. The minimum absolute atomic E-state index is 0.216. The maximum absolute atomic E-state index is 11.4. The number of anilines is 1. The molecule has 4 heteroatoms. The van der Waals surface area contributed by atoms with Crippen molar-refractivity contribution in [2.45, 2.75) is 6.92 Å². The maximum atomic E-state index is 11.4. The third kappa shape index (κ3) is 4.19. The molecule has 0 unspecified atom stereocenters. The van der Waals surface area contributed by atoms with Gasteiger partial charge in [-0.05, 0) is 30.2 Å². The zero-order valence-corrected chi connectivity index (χ0v) is 11.8. The van der Waals surface area contributed by atoms with Gasteiger partial charge in [0.1, 0.15) is 0 Å². The van der Waals surface area contributed by atoms with Crippen LogP contribution in [0.1, 0.15) is 18.1 Å². The molecule has 0 heterocycles. The van der Waals surface area contributed by atoms with E-state index in [0.29, 0.717) is 10.8 Å². The van der Waals surface area contributed by atoms with Crippen molar-refractivity contribution < 1.29 is 14.7 Å². The number of rotatable bonds is 4. The molecule has 21 heavy (non-hydrogen) atoms. The van der Waals surface area contributed by atoms with Crippen molar-refractivity contribution in [1.82, 2.24) is 0 Å². The first kappa shape index (κ1) is 14.8. The molecule has 1 amide bonds. The van der Waals surface area contributed by atoms with Crippen molar-refractivity contribution in [1.29, 1.82) is 0 Å². The van der Waals surface area contributed by atoms with Crippen LogP contribution in [0.15, 0.2) is 54.6 Å². The molecule has 2 rings (SSSR count). The highest BCUT2D eigenvalue weighted by Gasteiger charge is 2.13. The molecule has 0 aliphatic carbocycles. The molecule has 2 aromatic rings. The predicted octanol–water partition coefficient (Wildman–Crippen LogP) is 4.21. The van der Waals surface area contributed by atoms with E-state index in [9.17, 15) is 10.0 Å². The molecule has 0 aliphatic rings. The van der Waals surface area contributed by atoms with E-state index in [1.807, 2.05) is 54.6 Å². The van der Waals surface area contributed by atoms with Crippen molar-refractivity contribution in [3.8, 4) is 0 Å². The van der Waals surface area contributed by atoms with Gasteiger partial charge in [-0.25, -0.2) is 4.79 Å². The van der Waals surface area contributed by atoms with Gasteiger partial charge in [0.05, 0.1) is 12.3 Å². The monoisotopic (exact) mass is 283 g/mol. The summed E-state index contributed by atoms with van der Waals surface area (Å²) in [6.45, 7) is 1.90. The Bertz CT molecular complexity index is 606. The first-order valence-electron chi connectivity index (χ1n) is 6.69. The van der Waals surface area contributed by atoms with E-state index >= 15 is 0 Å². The highest BCUT2D eigenvalue weighted by molar-refractivity contribution is 5.85. The summed E-state index contributed by atoms with van der Waals surface area (Å²) < 4.78 is 4.72. The Morgan fingerprint density at radius 1 is 1.05 bits per heavy atom. The zero-order valence-electron chi connectivity index (χ0n) is 11.8. The van der Waals surface area contributed by atoms with E-state index in [1.54, 1.807) is 19.1 Å². The summed E-state index contributed by atoms with van der Waals surface area (Å²) in [6, 6.07) is 16.9. The van der Waals surface area contributed by atoms with Gasteiger partial charge in [0, 0.05) is 0 Å². The molecule has 4 nitrogen and oxygen atoms in total. The lowest BCUT2D eigenvalue weighted by Crippen LogP contribution is -2.27. The second kappa shape index (κ2) is 7.26. The van der Waals surface area contributed by atoms with Gasteiger partial charge in [-0.3, -0.25) is 5.21 Å². The number of benzene rings is 2. The van der Waals surface area contributed by atoms with Crippen LogP contribution in [0.2, 0.25) is 0 Å². The van der Waals surface area contributed by atoms with Gasteiger partial charge in [-0.15, -0.1) is 0 Å². The van der Waals surface area contributed by atoms with Crippen LogP contribution < -0.4 is 5.06 Å². The largest absolute Gasteiger partial charge is 0.448 e. The number of nitrogens with zero attached hydrogens (tertiary/aromatic N) is 1. The Labute approximate surface area is 123 Å². The van der Waals surface area contributed by atoms with Crippen LogP contribution in [0.4, 0.5) is 10.5 Å². The Balaban J connectivity index is 2.05. The Kier molecular flexibility index (Phi) is 5.12. The van der Waals surface area contributed by atoms with Crippen LogP contribution in [0.3, 0.4) is 0 Å². The summed E-state index contributed by atoms with van der Waals surface area (Å²) in [5.41, 5.74) is 2.45. The molecule has 1 N–H and O–H groups in total. The molecule has 108 valence electrons. The number of carbonyl (C=O) groups is 1. The maximum Gasteiger partial charge on any atom is 0.438 e. The number of amides is 1. The minimum atomic E-state index is -0.787. The summed E-state index contributed by atoms with van der Waals surface area (Å²) in [5.74, 6) is 0. The number of ether oxygens (including phenoxy) is 1. The lowest BCUT2D eigenvalue weighted by molar-refractivity contribution is 0.125. The van der Waals surface area contributed by atoms with E-state index in [-0.39, 0.29) is 6.61 Å². The quantitative estimate of drug-likeness (QED) is 0.519. The summed E-state index contributed by atoms with van der Waals surface area (Å²) in [7, 11) is 0. The molecule has 0 atom stereocenters. The van der Waals surface area contributed by atoms with Gasteiger partial charge >= 0.3 is 6.09 Å². The summed E-state index contributed by atoms with van der Waals surface area (Å²) in [6.07, 6.45) is 3.17. The van der Waals surface area contributed by atoms with Crippen molar-refractivity contribution >= 4 is 23.9 Å². The minimum Gasteiger partial charge on any atom is -0.448 e. The molecule has 0 saturated carbocycles. The third-order valence-electron chi connectivity index (χ3n) is 2.85. The Morgan fingerprint density at radius 2 is 1.62 bits per heavy atom. The van der Waals surface area contributed by atoms with Crippen molar-refractivity contribution in [2.75, 3.05) is 11.7 Å². The molecule has 0 saturated heterocycles. The average Bonchev–Trinajstić information content (AvgIpc) is 2.54. The molecular formula is C17H17NO3. The molecule has 0 spiro atoms. The lowest BCUT2D eigenvalue weighted by Gasteiger charge is -2.14. The molecule has 0 aliphatic heterocycles. The van der Waals surface area contributed by atoms with Crippen LogP contribution in [-0.2, 0) is 4.74 Å². The van der Waals surface area contributed by atoms with Crippen LogP contribution in [-0.4, -0.2) is 17.9 Å². The van der Waals surface area contributed by atoms with Gasteiger partial charge in [0.25, 0.3) is 0 Å². The molecule has 0 bridgehead atoms. The van der Waals surface area contributed by atoms with Crippen molar-refractivity contribution in [3.05, 3.63) is 65.7 Å². The second-order valence-corrected chi connectivity index (χ2v) is 4.35. The van der Waals surface area contributed by atoms with Crippen LogP contribution in [0.5, 0.6) is 0 Å². The second-order valence-electron chi connectivity index (χ2n) is 4.35. The SMILES string of the molecule is CCOC(=O)N(O)c1ccc(/C=C/c2ccccc2)cc1. The first-order valence-corrected chi connectivity index (χ1v) is 6.69. The summed E-state index contributed by atoms with van der Waals surface area (Å²) in [5, 5.41) is 10.2. The van der Waals surface area contributed by atoms with Gasteiger partial charge in [0.15, 0.2) is 0 Å². The predicted molar refractivity (Wildman–Crippen MR) is 83.1 cm³/mol. The van der Waals surface area contributed by atoms with Gasteiger partial charge in [-0.1, -0.05) is 54.6 Å². The number of hydrogen-bond acceptors (Lipinski definition) is 3. The standard InChI is InChI=1S/C17H17NO3/c1-2-21-17(19)18(20)16-12-10-15(11-13-16)9-8-14-6-4-3-5-7-14/h3-13,20H,2H2,1H3/b9-8+. The first-order chi connectivity index (χ1) is 10.2. The molecule has 0 radical (unpaired) electrons. The van der Waals surface area contributed by atoms with Gasteiger partial charge in [0.2, 0.25) is 0 Å². The number of carbonyl (C=O) groups excluding carboxylic acids is 1. The molecule has 0 fully saturated rings. The van der Waals surface area contributed by atoms with E-state index in [1.165, 1.54) is 0 Å². The van der Waals surface area contributed by atoms with Crippen LogP contribution in [0.25, 0.3) is 12.2 Å². The smallest absolute Gasteiger partial charge is 0.438 e. The fraction of sp³-hybridized carbons (Fsp3) is 0.118. The van der Waals surface area contributed by atoms with E-state index in [4.69, 9.17) is 4.74 Å². The molecular weight excluding hydrogens is 266 g/mol. The highest BCUT2D eigenvalue weighted by Crippen LogP contribution is 2.16. The van der Waals surface area contributed by atoms with Crippen LogP contribution >= 0.6 is 0 Å². The van der Waals surface area contributed by atoms with Gasteiger partial charge in [-0.2, -0.15) is 5.06 Å². The average molecular weight is 283 g/mol. The van der Waals surface area contributed by atoms with Crippen molar-refractivity contribution in [2.24, 2.45) is 0 Å². The third-order valence-corrected chi connectivity index (χ3v) is 2.85. The number of hydrogen-bond donors (Lipinski definition) is 1. The molecule has 2 aromatic carbocycles. The highest BCUT2D eigenvalue weighted by atomic mass is 16.6. The summed E-state index contributed by atoms with van der Waals surface area (Å²) >= 11 is 0. The van der Waals surface area contributed by atoms with E-state index < -0.39 is 6.09 Å². The zero-order chi connectivity index (χ0) is 15.1. The van der Waals surface area contributed by atoms with Gasteiger partial charge < -0.3 is 4.74 Å². The van der Waals surface area contributed by atoms with E-state index in [0.717, 1.165) is 11.1 Å². The fourth-order valence-electron chi connectivity index (χ4n) is 1.77. The Hall–Kier alpha value is -2.59. The fourth-order valence-corrected chi connectivity index (χ4v) is 1.77. The van der Waals surface area contributed by atoms with E-state index in [2.05, 4.69) is 0 Å². The van der Waals surface area contributed by atoms with Crippen molar-refractivity contribution in [3.63, 3.8) is 0 Å². The van der Waals surface area contributed by atoms with Crippen LogP contribution in [0, 0.1) is 0 Å².